The molecule has 2 aliphatic heterocycles. The van der Waals surface area contributed by atoms with Crippen LogP contribution < -0.4 is 10.9 Å². The molecule has 2 aliphatic rings. The highest BCUT2D eigenvalue weighted by molar-refractivity contribution is 5.94. The lowest BCUT2D eigenvalue weighted by Gasteiger charge is -2.41. The minimum Gasteiger partial charge on any atom is -0.501 e. The maximum Gasteiger partial charge on any atom is 0.410 e. The minimum absolute atomic E-state index is 0.00224. The number of benzene rings is 2. The first kappa shape index (κ1) is 23.5. The van der Waals surface area contributed by atoms with E-state index in [1.165, 1.54) is 28.8 Å². The van der Waals surface area contributed by atoms with E-state index < -0.39 is 29.1 Å². The predicted octanol–water partition coefficient (Wildman–Crippen LogP) is 2.77. The summed E-state index contributed by atoms with van der Waals surface area (Å²) in [5.74, 6) is -1.74. The summed E-state index contributed by atoms with van der Waals surface area (Å²) in [5, 5.41) is 13.1. The number of aromatic nitrogens is 2. The van der Waals surface area contributed by atoms with Crippen LogP contribution in [-0.2, 0) is 24.4 Å². The zero-order valence-electron chi connectivity index (χ0n) is 19.4. The van der Waals surface area contributed by atoms with E-state index in [0.29, 0.717) is 24.4 Å². The fourth-order valence-corrected chi connectivity index (χ4v) is 4.82. The molecule has 2 bridgehead atoms. The number of carbonyl (C=O) groups excluding carboxylic acids is 2. The van der Waals surface area contributed by atoms with Crippen LogP contribution in [0.5, 0.6) is 5.75 Å². The fourth-order valence-electron chi connectivity index (χ4n) is 4.82. The van der Waals surface area contributed by atoms with Gasteiger partial charge in [0.15, 0.2) is 5.69 Å². The third kappa shape index (κ3) is 4.79. The van der Waals surface area contributed by atoms with Crippen molar-refractivity contribution in [2.75, 3.05) is 13.1 Å². The second kappa shape index (κ2) is 9.80. The van der Waals surface area contributed by atoms with Crippen LogP contribution in [0.3, 0.4) is 0 Å². The molecule has 10 heteroatoms. The molecule has 0 radical (unpaired) electrons. The second-order valence-electron chi connectivity index (χ2n) is 9.14. The van der Waals surface area contributed by atoms with Crippen molar-refractivity contribution in [3.8, 4) is 5.75 Å². The number of carbonyl (C=O) groups is 2. The number of hydrogen-bond donors (Lipinski definition) is 2. The number of hydrogen-bond acceptors (Lipinski definition) is 6. The smallest absolute Gasteiger partial charge is 0.410 e. The Balaban J connectivity index is 1.31. The Morgan fingerprint density at radius 1 is 1.06 bits per heavy atom. The normalized spacial score (nSPS) is 18.3. The summed E-state index contributed by atoms with van der Waals surface area (Å²) in [6.45, 7) is 1.23. The molecule has 1 aromatic heterocycles. The van der Waals surface area contributed by atoms with Gasteiger partial charge in [0.05, 0.1) is 0 Å². The third-order valence-corrected chi connectivity index (χ3v) is 6.56. The SMILES string of the molecule is O=C(NCc1ccc(F)cc1)c1nc2n(c(=O)c1O)CC1CC2CN(C(=O)OCc2ccccc2)C1. The van der Waals surface area contributed by atoms with E-state index in [2.05, 4.69) is 10.3 Å². The number of aromatic hydroxyl groups is 1. The Kier molecular flexibility index (Phi) is 6.41. The number of nitrogens with zero attached hydrogens (tertiary/aromatic N) is 3. The van der Waals surface area contributed by atoms with Gasteiger partial charge in [0.1, 0.15) is 18.2 Å². The lowest BCUT2D eigenvalue weighted by atomic mass is 9.85. The van der Waals surface area contributed by atoms with Gasteiger partial charge in [-0.3, -0.25) is 14.2 Å². The summed E-state index contributed by atoms with van der Waals surface area (Å²) >= 11 is 0. The van der Waals surface area contributed by atoms with Gasteiger partial charge in [-0.1, -0.05) is 42.5 Å². The molecule has 0 spiro atoms. The monoisotopic (exact) mass is 492 g/mol. The summed E-state index contributed by atoms with van der Waals surface area (Å²) in [6, 6.07) is 15.0. The van der Waals surface area contributed by atoms with E-state index in [0.717, 1.165) is 5.56 Å². The average molecular weight is 493 g/mol. The number of likely N-dealkylation sites (tertiary alicyclic amines) is 1. The number of nitrogens with one attached hydrogen (secondary N) is 1. The second-order valence-corrected chi connectivity index (χ2v) is 9.14. The van der Waals surface area contributed by atoms with Crippen LogP contribution >= 0.6 is 0 Å². The average Bonchev–Trinajstić information content (AvgIpc) is 2.89. The number of rotatable bonds is 5. The van der Waals surface area contributed by atoms with Gasteiger partial charge in [-0.2, -0.15) is 0 Å². The summed E-state index contributed by atoms with van der Waals surface area (Å²) < 4.78 is 20.0. The van der Waals surface area contributed by atoms with Crippen molar-refractivity contribution in [1.29, 1.82) is 0 Å². The van der Waals surface area contributed by atoms with Crippen LogP contribution in [0.4, 0.5) is 9.18 Å². The molecule has 0 saturated carbocycles. The van der Waals surface area contributed by atoms with Crippen LogP contribution in [0.15, 0.2) is 59.4 Å². The quantitative estimate of drug-likeness (QED) is 0.566. The summed E-state index contributed by atoms with van der Waals surface area (Å²) in [6.07, 6.45) is 0.261. The first-order chi connectivity index (χ1) is 17.4. The van der Waals surface area contributed by atoms with Crippen molar-refractivity contribution in [3.63, 3.8) is 0 Å². The highest BCUT2D eigenvalue weighted by Gasteiger charge is 2.39. The molecular weight excluding hydrogens is 467 g/mol. The van der Waals surface area contributed by atoms with E-state index in [1.54, 1.807) is 4.90 Å². The molecule has 3 aromatic rings. The Hall–Kier alpha value is -4.21. The van der Waals surface area contributed by atoms with Gasteiger partial charge in [-0.05, 0) is 35.6 Å². The van der Waals surface area contributed by atoms with Gasteiger partial charge in [0, 0.05) is 32.1 Å². The molecule has 2 N–H and O–H groups in total. The van der Waals surface area contributed by atoms with Gasteiger partial charge < -0.3 is 20.1 Å². The first-order valence-electron chi connectivity index (χ1n) is 11.7. The van der Waals surface area contributed by atoms with E-state index in [-0.39, 0.29) is 43.8 Å². The maximum atomic E-state index is 13.1. The van der Waals surface area contributed by atoms with Crippen molar-refractivity contribution in [2.24, 2.45) is 5.92 Å². The largest absolute Gasteiger partial charge is 0.501 e. The third-order valence-electron chi connectivity index (χ3n) is 6.56. The van der Waals surface area contributed by atoms with Crippen LogP contribution in [0.25, 0.3) is 0 Å². The zero-order chi connectivity index (χ0) is 25.2. The highest BCUT2D eigenvalue weighted by atomic mass is 19.1. The number of piperidine rings is 1. The topological polar surface area (TPSA) is 114 Å². The molecule has 2 unspecified atom stereocenters. The van der Waals surface area contributed by atoms with Gasteiger partial charge in [0.25, 0.3) is 11.5 Å². The van der Waals surface area contributed by atoms with Crippen molar-refractivity contribution in [3.05, 3.63) is 93.4 Å². The molecular formula is C26H25FN4O5. The number of ether oxygens (including phenoxy) is 1. The molecule has 2 aromatic carbocycles. The number of fused-ring (bicyclic) bond motifs is 4. The molecule has 9 nitrogen and oxygen atoms in total. The molecule has 2 atom stereocenters. The van der Waals surface area contributed by atoms with Crippen molar-refractivity contribution >= 4 is 12.0 Å². The first-order valence-corrected chi connectivity index (χ1v) is 11.7. The Labute approximate surface area is 206 Å². The number of halogens is 1. The van der Waals surface area contributed by atoms with E-state index in [1.807, 2.05) is 30.3 Å². The molecule has 5 rings (SSSR count). The molecule has 3 heterocycles. The molecule has 36 heavy (non-hydrogen) atoms. The molecule has 1 fully saturated rings. The standard InChI is InChI=1S/C26H25FN4O5/c27-20-8-6-16(7-9-20)11-28-24(33)21-22(32)25(34)31-13-18-10-19(23(31)29-21)14-30(12-18)26(35)36-15-17-4-2-1-3-5-17/h1-9,18-19,32H,10-15H2,(H,28,33). The van der Waals surface area contributed by atoms with Gasteiger partial charge in [-0.25, -0.2) is 14.2 Å². The molecule has 1 saturated heterocycles. The van der Waals surface area contributed by atoms with Crippen molar-refractivity contribution < 1.29 is 23.8 Å². The molecule has 0 aliphatic carbocycles. The minimum atomic E-state index is -0.714. The van der Waals surface area contributed by atoms with Gasteiger partial charge in [-0.15, -0.1) is 0 Å². The Morgan fingerprint density at radius 3 is 2.56 bits per heavy atom. The highest BCUT2D eigenvalue weighted by Crippen LogP contribution is 2.35. The summed E-state index contributed by atoms with van der Waals surface area (Å²) in [5.41, 5.74) is 0.490. The van der Waals surface area contributed by atoms with Crippen LogP contribution in [0.1, 0.15) is 39.8 Å². The van der Waals surface area contributed by atoms with Crippen LogP contribution in [-0.4, -0.2) is 44.6 Å². The summed E-state index contributed by atoms with van der Waals surface area (Å²) in [7, 11) is 0. The van der Waals surface area contributed by atoms with Crippen LogP contribution in [0, 0.1) is 11.7 Å². The van der Waals surface area contributed by atoms with E-state index >= 15 is 0 Å². The van der Waals surface area contributed by atoms with Crippen LogP contribution in [0.2, 0.25) is 0 Å². The van der Waals surface area contributed by atoms with E-state index in [9.17, 15) is 23.9 Å². The van der Waals surface area contributed by atoms with Gasteiger partial charge >= 0.3 is 6.09 Å². The van der Waals surface area contributed by atoms with Crippen molar-refractivity contribution in [1.82, 2.24) is 19.8 Å². The molecule has 186 valence electrons. The van der Waals surface area contributed by atoms with E-state index in [4.69, 9.17) is 4.74 Å². The van der Waals surface area contributed by atoms with Gasteiger partial charge in [0.2, 0.25) is 5.75 Å². The Bertz CT molecular complexity index is 1340. The maximum absolute atomic E-state index is 13.1. The lowest BCUT2D eigenvalue weighted by Crippen LogP contribution is -2.50. The lowest BCUT2D eigenvalue weighted by molar-refractivity contribution is 0.0629. The predicted molar refractivity (Wildman–Crippen MR) is 127 cm³/mol. The van der Waals surface area contributed by atoms with Crippen molar-refractivity contribution in [2.45, 2.75) is 32.0 Å². The summed E-state index contributed by atoms with van der Waals surface area (Å²) in [4.78, 5) is 44.4. The zero-order valence-corrected chi connectivity index (χ0v) is 19.4. The molecule has 2 amide bonds. The Morgan fingerprint density at radius 2 is 1.81 bits per heavy atom. The number of amides is 2. The fraction of sp³-hybridized carbons (Fsp3) is 0.308.